The van der Waals surface area contributed by atoms with Gasteiger partial charge in [0.25, 0.3) is 0 Å². The summed E-state index contributed by atoms with van der Waals surface area (Å²) in [6, 6.07) is 18.4. The molecule has 0 aliphatic carbocycles. The third-order valence-corrected chi connectivity index (χ3v) is 5.93. The number of amides is 1. The van der Waals surface area contributed by atoms with E-state index in [0.717, 1.165) is 22.3 Å². The smallest absolute Gasteiger partial charge is 0.326 e. The van der Waals surface area contributed by atoms with Crippen LogP contribution in [0.25, 0.3) is 11.1 Å². The fourth-order valence-corrected chi connectivity index (χ4v) is 4.20. The Morgan fingerprint density at radius 1 is 1.00 bits per heavy atom. The summed E-state index contributed by atoms with van der Waals surface area (Å²) in [6.07, 6.45) is 0.742. The van der Waals surface area contributed by atoms with Gasteiger partial charge >= 0.3 is 5.97 Å². The van der Waals surface area contributed by atoms with E-state index in [9.17, 15) is 14.7 Å². The predicted molar refractivity (Wildman–Crippen MR) is 121 cm³/mol. The van der Waals surface area contributed by atoms with Gasteiger partial charge < -0.3 is 10.4 Å². The predicted octanol–water partition coefficient (Wildman–Crippen LogP) is 4.32. The van der Waals surface area contributed by atoms with Gasteiger partial charge in [0.2, 0.25) is 5.91 Å². The lowest BCUT2D eigenvalue weighted by Gasteiger charge is -2.20. The summed E-state index contributed by atoms with van der Waals surface area (Å²) >= 11 is 5.90. The van der Waals surface area contributed by atoms with Crippen LogP contribution in [0.1, 0.15) is 11.1 Å². The van der Waals surface area contributed by atoms with Gasteiger partial charge in [0.15, 0.2) is 0 Å². The van der Waals surface area contributed by atoms with Crippen molar-refractivity contribution in [3.05, 3.63) is 82.6 Å². The Morgan fingerprint density at radius 3 is 2.38 bits per heavy atom. The maximum Gasteiger partial charge on any atom is 0.326 e. The van der Waals surface area contributed by atoms with Gasteiger partial charge in [0.1, 0.15) is 6.04 Å². The van der Waals surface area contributed by atoms with Gasteiger partial charge in [-0.2, -0.15) is 24.0 Å². The molecule has 0 saturated carbocycles. The quantitative estimate of drug-likeness (QED) is 0.448. The van der Waals surface area contributed by atoms with Crippen molar-refractivity contribution in [2.75, 3.05) is 5.75 Å². The highest BCUT2D eigenvalue weighted by Crippen LogP contribution is 2.26. The molecule has 2 N–H and O–H groups in total. The molecule has 1 aromatic heterocycles. The minimum absolute atomic E-state index is 0.220. The first-order chi connectivity index (χ1) is 14.1. The van der Waals surface area contributed by atoms with E-state index in [0.29, 0.717) is 12.2 Å². The highest BCUT2D eigenvalue weighted by atomic mass is 32.1. The third kappa shape index (κ3) is 5.71. The Hall–Kier alpha value is -2.57. The molecular formula is C23H23NO3S2. The molecule has 2 aromatic carbocycles. The SMILES string of the molecule is O=C(N[C@@H](Cc1ccccc1-c1ccsc1)C(=O)O)C(CS)Cc1ccccc1. The summed E-state index contributed by atoms with van der Waals surface area (Å²) in [6.45, 7) is 0. The second kappa shape index (κ2) is 10.3. The first kappa shape index (κ1) is 21.1. The minimum atomic E-state index is -1.05. The van der Waals surface area contributed by atoms with Crippen LogP contribution < -0.4 is 5.32 Å². The third-order valence-electron chi connectivity index (χ3n) is 4.80. The largest absolute Gasteiger partial charge is 0.480 e. The van der Waals surface area contributed by atoms with Crippen molar-refractivity contribution in [1.82, 2.24) is 5.32 Å². The zero-order valence-electron chi connectivity index (χ0n) is 15.8. The number of thiol groups is 1. The number of thiophene rings is 1. The Morgan fingerprint density at radius 2 is 1.72 bits per heavy atom. The molecule has 6 heteroatoms. The summed E-state index contributed by atoms with van der Waals surface area (Å²) in [7, 11) is 0. The van der Waals surface area contributed by atoms with Crippen molar-refractivity contribution in [3.8, 4) is 11.1 Å². The molecule has 1 amide bonds. The Kier molecular flexibility index (Phi) is 7.49. The molecule has 150 valence electrons. The van der Waals surface area contributed by atoms with Crippen LogP contribution in [-0.2, 0) is 22.4 Å². The number of rotatable bonds is 9. The van der Waals surface area contributed by atoms with E-state index >= 15 is 0 Å². The van der Waals surface area contributed by atoms with E-state index < -0.39 is 17.9 Å². The second-order valence-corrected chi connectivity index (χ2v) is 7.99. The zero-order valence-corrected chi connectivity index (χ0v) is 17.5. The van der Waals surface area contributed by atoms with Crippen LogP contribution in [0.15, 0.2) is 71.4 Å². The van der Waals surface area contributed by atoms with E-state index in [1.165, 1.54) is 0 Å². The second-order valence-electron chi connectivity index (χ2n) is 6.84. The number of carboxylic acids is 1. The lowest BCUT2D eigenvalue weighted by molar-refractivity contribution is -0.142. The molecule has 0 saturated heterocycles. The average Bonchev–Trinajstić information content (AvgIpc) is 3.27. The number of carboxylic acid groups (broad SMARTS) is 1. The number of benzene rings is 2. The molecule has 1 heterocycles. The highest BCUT2D eigenvalue weighted by molar-refractivity contribution is 7.80. The number of nitrogens with one attached hydrogen (secondary N) is 1. The summed E-state index contributed by atoms with van der Waals surface area (Å²) in [5.74, 6) is -1.38. The molecule has 1 unspecified atom stereocenters. The monoisotopic (exact) mass is 425 g/mol. The normalized spacial score (nSPS) is 12.9. The zero-order chi connectivity index (χ0) is 20.6. The van der Waals surface area contributed by atoms with Crippen LogP contribution in [0.5, 0.6) is 0 Å². The van der Waals surface area contributed by atoms with Crippen molar-refractivity contribution in [2.24, 2.45) is 5.92 Å². The fraction of sp³-hybridized carbons (Fsp3) is 0.217. The number of aliphatic carboxylic acids is 1. The molecule has 0 bridgehead atoms. The van der Waals surface area contributed by atoms with E-state index in [-0.39, 0.29) is 12.3 Å². The summed E-state index contributed by atoms with van der Waals surface area (Å²) < 4.78 is 0. The van der Waals surface area contributed by atoms with Crippen molar-refractivity contribution >= 4 is 35.8 Å². The maximum atomic E-state index is 12.8. The Balaban J connectivity index is 1.74. The van der Waals surface area contributed by atoms with Gasteiger partial charge in [-0.15, -0.1) is 0 Å². The first-order valence-electron chi connectivity index (χ1n) is 9.37. The van der Waals surface area contributed by atoms with Gasteiger partial charge in [-0.1, -0.05) is 54.6 Å². The molecule has 2 atom stereocenters. The van der Waals surface area contributed by atoms with E-state index in [1.807, 2.05) is 71.4 Å². The fourth-order valence-electron chi connectivity index (χ4n) is 3.25. The number of hydrogen-bond acceptors (Lipinski definition) is 4. The van der Waals surface area contributed by atoms with Crippen molar-refractivity contribution in [3.63, 3.8) is 0 Å². The van der Waals surface area contributed by atoms with Crippen LogP contribution in [-0.4, -0.2) is 28.8 Å². The van der Waals surface area contributed by atoms with Gasteiger partial charge in [-0.25, -0.2) is 4.79 Å². The van der Waals surface area contributed by atoms with E-state index in [4.69, 9.17) is 0 Å². The van der Waals surface area contributed by atoms with Crippen molar-refractivity contribution < 1.29 is 14.7 Å². The van der Waals surface area contributed by atoms with Crippen LogP contribution in [0.4, 0.5) is 0 Å². The van der Waals surface area contributed by atoms with E-state index in [2.05, 4.69) is 17.9 Å². The Labute approximate surface area is 180 Å². The molecule has 3 aromatic rings. The molecule has 0 fully saturated rings. The number of carbonyl (C=O) groups is 2. The van der Waals surface area contributed by atoms with Crippen molar-refractivity contribution in [1.29, 1.82) is 0 Å². The van der Waals surface area contributed by atoms with Crippen molar-refractivity contribution in [2.45, 2.75) is 18.9 Å². The van der Waals surface area contributed by atoms with Gasteiger partial charge in [-0.3, -0.25) is 4.79 Å². The molecule has 3 rings (SSSR count). The summed E-state index contributed by atoms with van der Waals surface area (Å²) in [5.41, 5.74) is 3.96. The molecular weight excluding hydrogens is 402 g/mol. The van der Waals surface area contributed by atoms with Gasteiger partial charge in [0.05, 0.1) is 5.92 Å². The summed E-state index contributed by atoms with van der Waals surface area (Å²) in [5, 5.41) is 16.5. The number of carbonyl (C=O) groups excluding carboxylic acids is 1. The van der Waals surface area contributed by atoms with Crippen LogP contribution in [0.2, 0.25) is 0 Å². The topological polar surface area (TPSA) is 66.4 Å². The maximum absolute atomic E-state index is 12.8. The molecule has 4 nitrogen and oxygen atoms in total. The van der Waals surface area contributed by atoms with Crippen LogP contribution >= 0.6 is 24.0 Å². The van der Waals surface area contributed by atoms with Gasteiger partial charge in [0, 0.05) is 12.2 Å². The molecule has 0 aliphatic heterocycles. The van der Waals surface area contributed by atoms with Crippen LogP contribution in [0.3, 0.4) is 0 Å². The highest BCUT2D eigenvalue weighted by Gasteiger charge is 2.26. The molecule has 0 radical (unpaired) electrons. The van der Waals surface area contributed by atoms with E-state index in [1.54, 1.807) is 11.3 Å². The van der Waals surface area contributed by atoms with Crippen LogP contribution in [0, 0.1) is 5.92 Å². The molecule has 0 aliphatic rings. The Bertz CT molecular complexity index is 942. The lowest BCUT2D eigenvalue weighted by atomic mass is 9.95. The first-order valence-corrected chi connectivity index (χ1v) is 10.9. The molecule has 29 heavy (non-hydrogen) atoms. The number of hydrogen-bond donors (Lipinski definition) is 3. The minimum Gasteiger partial charge on any atom is -0.480 e. The molecule has 0 spiro atoms. The standard InChI is InChI=1S/C23H23NO3S2/c25-22(19(14-28)12-16-6-2-1-3-7-16)24-21(23(26)27)13-17-8-4-5-9-20(17)18-10-11-29-15-18/h1-11,15,19,21,28H,12-14H2,(H,24,25)(H,26,27)/t19?,21-/m0/s1. The average molecular weight is 426 g/mol. The lowest BCUT2D eigenvalue weighted by Crippen LogP contribution is -2.45. The van der Waals surface area contributed by atoms with Gasteiger partial charge in [-0.05, 0) is 45.5 Å². The summed E-state index contributed by atoms with van der Waals surface area (Å²) in [4.78, 5) is 24.7.